The van der Waals surface area contributed by atoms with E-state index in [9.17, 15) is 0 Å². The number of nitrogens with zero attached hydrogens (tertiary/aromatic N) is 1. The topological polar surface area (TPSA) is 15.3 Å². The summed E-state index contributed by atoms with van der Waals surface area (Å²) in [5.41, 5.74) is 1.41. The summed E-state index contributed by atoms with van der Waals surface area (Å²) >= 11 is 3.54. The third kappa shape index (κ3) is 3.09. The van der Waals surface area contributed by atoms with Crippen LogP contribution in [-0.2, 0) is 6.54 Å². The molecule has 1 unspecified atom stereocenters. The second-order valence-electron chi connectivity index (χ2n) is 5.26. The Morgan fingerprint density at radius 3 is 3.00 bits per heavy atom. The molecule has 1 aromatic carbocycles. The molecule has 0 bridgehead atoms. The van der Waals surface area contributed by atoms with E-state index in [1.165, 1.54) is 36.0 Å². The summed E-state index contributed by atoms with van der Waals surface area (Å²) in [5.74, 6) is 0.959. The molecule has 1 atom stereocenters. The molecular weight excluding hydrogens is 276 g/mol. The van der Waals surface area contributed by atoms with Crippen LogP contribution in [0, 0.1) is 5.92 Å². The van der Waals surface area contributed by atoms with Gasteiger partial charge in [-0.05, 0) is 36.5 Å². The molecule has 2 nitrogen and oxygen atoms in total. The van der Waals surface area contributed by atoms with Gasteiger partial charge in [0, 0.05) is 36.7 Å². The monoisotopic (exact) mass is 294 g/mol. The summed E-state index contributed by atoms with van der Waals surface area (Å²) in [5, 5.41) is 3.66. The number of benzene rings is 1. The van der Waals surface area contributed by atoms with Crippen LogP contribution in [0.15, 0.2) is 28.7 Å². The Labute approximate surface area is 112 Å². The predicted octanol–water partition coefficient (Wildman–Crippen LogP) is 2.63. The van der Waals surface area contributed by atoms with Gasteiger partial charge >= 0.3 is 0 Å². The van der Waals surface area contributed by atoms with Crippen LogP contribution in [0.3, 0.4) is 0 Å². The zero-order valence-corrected chi connectivity index (χ0v) is 11.6. The summed E-state index contributed by atoms with van der Waals surface area (Å²) in [7, 11) is 0. The summed E-state index contributed by atoms with van der Waals surface area (Å²) in [6.45, 7) is 4.63. The molecular formula is C14H19BrN2. The van der Waals surface area contributed by atoms with Crippen molar-refractivity contribution in [3.8, 4) is 0 Å². The smallest absolute Gasteiger partial charge is 0.0235 e. The maximum atomic E-state index is 3.66. The van der Waals surface area contributed by atoms with E-state index in [0.29, 0.717) is 0 Å². The summed E-state index contributed by atoms with van der Waals surface area (Å²) in [6.07, 6.45) is 2.87. The van der Waals surface area contributed by atoms with Crippen molar-refractivity contribution in [3.63, 3.8) is 0 Å². The predicted molar refractivity (Wildman–Crippen MR) is 73.9 cm³/mol. The van der Waals surface area contributed by atoms with Crippen molar-refractivity contribution >= 4 is 15.9 Å². The second-order valence-corrected chi connectivity index (χ2v) is 6.18. The van der Waals surface area contributed by atoms with Gasteiger partial charge in [0.25, 0.3) is 0 Å². The van der Waals surface area contributed by atoms with Gasteiger partial charge in [0.15, 0.2) is 0 Å². The van der Waals surface area contributed by atoms with Crippen molar-refractivity contribution in [1.29, 1.82) is 0 Å². The Balaban J connectivity index is 1.60. The highest BCUT2D eigenvalue weighted by Crippen LogP contribution is 2.33. The lowest BCUT2D eigenvalue weighted by Crippen LogP contribution is -2.51. The fourth-order valence-electron chi connectivity index (χ4n) is 2.69. The van der Waals surface area contributed by atoms with Crippen molar-refractivity contribution in [2.75, 3.05) is 19.6 Å². The summed E-state index contributed by atoms with van der Waals surface area (Å²) in [4.78, 5) is 2.58. The number of rotatable bonds is 3. The first-order valence-electron chi connectivity index (χ1n) is 6.51. The van der Waals surface area contributed by atoms with E-state index in [-0.39, 0.29) is 0 Å². The van der Waals surface area contributed by atoms with Crippen LogP contribution in [0.1, 0.15) is 18.4 Å². The Bertz CT molecular complexity index is 390. The molecule has 0 spiro atoms. The first-order chi connectivity index (χ1) is 8.31. The van der Waals surface area contributed by atoms with Gasteiger partial charge in [0.05, 0.1) is 0 Å². The molecule has 1 saturated carbocycles. The molecule has 17 heavy (non-hydrogen) atoms. The van der Waals surface area contributed by atoms with Crippen LogP contribution in [-0.4, -0.2) is 30.6 Å². The van der Waals surface area contributed by atoms with Crippen LogP contribution in [0.25, 0.3) is 0 Å². The van der Waals surface area contributed by atoms with Crippen molar-refractivity contribution in [2.45, 2.75) is 25.4 Å². The number of hydrogen-bond acceptors (Lipinski definition) is 2. The Morgan fingerprint density at radius 2 is 2.24 bits per heavy atom. The quantitative estimate of drug-likeness (QED) is 0.922. The SMILES string of the molecule is Brc1cccc(CN2CCNC(C3CC3)C2)c1. The molecule has 1 aliphatic carbocycles. The largest absolute Gasteiger partial charge is 0.311 e. The highest BCUT2D eigenvalue weighted by Gasteiger charge is 2.33. The molecule has 1 N–H and O–H groups in total. The van der Waals surface area contributed by atoms with Gasteiger partial charge < -0.3 is 5.32 Å². The first-order valence-corrected chi connectivity index (χ1v) is 7.31. The zero-order chi connectivity index (χ0) is 11.7. The normalized spacial score (nSPS) is 26.1. The highest BCUT2D eigenvalue weighted by molar-refractivity contribution is 9.10. The lowest BCUT2D eigenvalue weighted by Gasteiger charge is -2.34. The molecule has 92 valence electrons. The van der Waals surface area contributed by atoms with E-state index in [0.717, 1.165) is 25.0 Å². The maximum absolute atomic E-state index is 3.66. The van der Waals surface area contributed by atoms with Gasteiger partial charge in [0.1, 0.15) is 0 Å². The van der Waals surface area contributed by atoms with E-state index in [1.54, 1.807) is 0 Å². The Kier molecular flexibility index (Phi) is 3.50. The third-order valence-corrected chi connectivity index (χ3v) is 4.27. The highest BCUT2D eigenvalue weighted by atomic mass is 79.9. The summed E-state index contributed by atoms with van der Waals surface area (Å²) in [6, 6.07) is 9.41. The molecule has 0 amide bonds. The van der Waals surface area contributed by atoms with Gasteiger partial charge in [0.2, 0.25) is 0 Å². The number of hydrogen-bond donors (Lipinski definition) is 1. The Hall–Kier alpha value is -0.380. The number of halogens is 1. The van der Waals surface area contributed by atoms with Crippen molar-refractivity contribution < 1.29 is 0 Å². The molecule has 2 aliphatic rings. The fraction of sp³-hybridized carbons (Fsp3) is 0.571. The van der Waals surface area contributed by atoms with Crippen LogP contribution < -0.4 is 5.32 Å². The molecule has 3 heteroatoms. The Morgan fingerprint density at radius 1 is 1.35 bits per heavy atom. The average molecular weight is 295 g/mol. The number of nitrogens with one attached hydrogen (secondary N) is 1. The van der Waals surface area contributed by atoms with E-state index >= 15 is 0 Å². The van der Waals surface area contributed by atoms with Gasteiger partial charge in [-0.3, -0.25) is 4.90 Å². The van der Waals surface area contributed by atoms with Crippen LogP contribution >= 0.6 is 15.9 Å². The molecule has 1 aliphatic heterocycles. The van der Waals surface area contributed by atoms with E-state index in [4.69, 9.17) is 0 Å². The molecule has 2 fully saturated rings. The maximum Gasteiger partial charge on any atom is 0.0235 e. The fourth-order valence-corrected chi connectivity index (χ4v) is 3.14. The second kappa shape index (κ2) is 5.09. The third-order valence-electron chi connectivity index (χ3n) is 3.78. The van der Waals surface area contributed by atoms with Gasteiger partial charge in [-0.1, -0.05) is 28.1 Å². The molecule has 1 heterocycles. The standard InChI is InChI=1S/C14H19BrN2/c15-13-3-1-2-11(8-13)9-17-7-6-16-14(10-17)12-4-5-12/h1-3,8,12,14,16H,4-7,9-10H2. The summed E-state index contributed by atoms with van der Waals surface area (Å²) < 4.78 is 1.18. The molecule has 0 radical (unpaired) electrons. The molecule has 1 aromatic rings. The molecule has 1 saturated heterocycles. The first kappa shape index (κ1) is 11.7. The van der Waals surface area contributed by atoms with Crippen LogP contribution in [0.2, 0.25) is 0 Å². The van der Waals surface area contributed by atoms with Gasteiger partial charge in [-0.15, -0.1) is 0 Å². The van der Waals surface area contributed by atoms with Crippen LogP contribution in [0.4, 0.5) is 0 Å². The zero-order valence-electron chi connectivity index (χ0n) is 10.0. The van der Waals surface area contributed by atoms with Crippen molar-refractivity contribution in [2.24, 2.45) is 5.92 Å². The van der Waals surface area contributed by atoms with Crippen molar-refractivity contribution in [3.05, 3.63) is 34.3 Å². The minimum atomic E-state index is 0.746. The van der Waals surface area contributed by atoms with E-state index < -0.39 is 0 Å². The van der Waals surface area contributed by atoms with Gasteiger partial charge in [-0.2, -0.15) is 0 Å². The van der Waals surface area contributed by atoms with Crippen molar-refractivity contribution in [1.82, 2.24) is 10.2 Å². The minimum absolute atomic E-state index is 0.746. The number of piperazine rings is 1. The lowest BCUT2D eigenvalue weighted by molar-refractivity contribution is 0.181. The molecule has 3 rings (SSSR count). The van der Waals surface area contributed by atoms with E-state index in [2.05, 4.69) is 50.4 Å². The van der Waals surface area contributed by atoms with Gasteiger partial charge in [-0.25, -0.2) is 0 Å². The van der Waals surface area contributed by atoms with Crippen LogP contribution in [0.5, 0.6) is 0 Å². The lowest BCUT2D eigenvalue weighted by atomic mass is 10.1. The van der Waals surface area contributed by atoms with E-state index in [1.807, 2.05) is 0 Å². The minimum Gasteiger partial charge on any atom is -0.311 e. The molecule has 0 aromatic heterocycles. The average Bonchev–Trinajstić information content (AvgIpc) is 3.13.